The highest BCUT2D eigenvalue weighted by atomic mass is 32.2. The molecule has 0 spiro atoms. The maximum atomic E-state index is 15.0. The van der Waals surface area contributed by atoms with E-state index < -0.39 is 34.3 Å². The van der Waals surface area contributed by atoms with Crippen molar-refractivity contribution in [3.63, 3.8) is 0 Å². The monoisotopic (exact) mass is 569 g/mol. The molecule has 0 aliphatic heterocycles. The summed E-state index contributed by atoms with van der Waals surface area (Å²) in [6, 6.07) is 19.0. The Morgan fingerprint density at radius 3 is 2.25 bits per heavy atom. The van der Waals surface area contributed by atoms with Crippen LogP contribution in [0, 0.1) is 5.82 Å². The van der Waals surface area contributed by atoms with E-state index in [1.807, 2.05) is 13.8 Å². The summed E-state index contributed by atoms with van der Waals surface area (Å²) in [5.74, 6) is -1.23. The Hall–Kier alpha value is -3.92. The van der Waals surface area contributed by atoms with Gasteiger partial charge in [0, 0.05) is 12.6 Å². The summed E-state index contributed by atoms with van der Waals surface area (Å²) in [5.41, 5.74) is 0.420. The Bertz CT molecular complexity index is 1400. The molecule has 0 unspecified atom stereocenters. The second-order valence-electron chi connectivity index (χ2n) is 9.39. The summed E-state index contributed by atoms with van der Waals surface area (Å²) >= 11 is 0. The molecule has 1 N–H and O–H groups in total. The predicted octanol–water partition coefficient (Wildman–Crippen LogP) is 4.75. The molecule has 10 heteroatoms. The number of nitrogens with zero attached hydrogens (tertiary/aromatic N) is 2. The fourth-order valence-corrected chi connectivity index (χ4v) is 5.66. The summed E-state index contributed by atoms with van der Waals surface area (Å²) in [4.78, 5) is 28.6. The van der Waals surface area contributed by atoms with E-state index in [9.17, 15) is 22.4 Å². The van der Waals surface area contributed by atoms with Crippen LogP contribution in [-0.2, 0) is 26.2 Å². The number of halogens is 1. The summed E-state index contributed by atoms with van der Waals surface area (Å²) in [6.07, 6.45) is 0.978. The molecule has 3 aromatic carbocycles. The van der Waals surface area contributed by atoms with Gasteiger partial charge < -0.3 is 15.0 Å². The number of nitrogens with one attached hydrogen (secondary N) is 1. The Morgan fingerprint density at radius 2 is 1.62 bits per heavy atom. The van der Waals surface area contributed by atoms with Crippen LogP contribution in [0.4, 0.5) is 10.1 Å². The molecule has 0 fully saturated rings. The molecule has 214 valence electrons. The van der Waals surface area contributed by atoms with E-state index in [-0.39, 0.29) is 35.5 Å². The first kappa shape index (κ1) is 30.6. The highest BCUT2D eigenvalue weighted by molar-refractivity contribution is 7.92. The number of hydrogen-bond donors (Lipinski definition) is 1. The summed E-state index contributed by atoms with van der Waals surface area (Å²) in [7, 11) is -2.81. The molecule has 0 radical (unpaired) electrons. The minimum atomic E-state index is -4.34. The third kappa shape index (κ3) is 7.38. The van der Waals surface area contributed by atoms with E-state index in [2.05, 4.69) is 5.32 Å². The first-order valence-electron chi connectivity index (χ1n) is 13.2. The van der Waals surface area contributed by atoms with E-state index in [1.165, 1.54) is 42.3 Å². The molecule has 0 aliphatic carbocycles. The molecule has 0 aromatic heterocycles. The van der Waals surface area contributed by atoms with Crippen LogP contribution in [0.5, 0.6) is 5.75 Å². The van der Waals surface area contributed by atoms with Gasteiger partial charge in [0.1, 0.15) is 24.2 Å². The zero-order valence-electron chi connectivity index (χ0n) is 23.2. The number of amides is 2. The third-order valence-electron chi connectivity index (χ3n) is 6.61. The number of rotatable bonds is 13. The Labute approximate surface area is 235 Å². The number of ether oxygens (including phenoxy) is 1. The van der Waals surface area contributed by atoms with Crippen LogP contribution in [0.3, 0.4) is 0 Å². The number of carbonyl (C=O) groups is 2. The Balaban J connectivity index is 2.07. The van der Waals surface area contributed by atoms with Crippen LogP contribution in [0.25, 0.3) is 0 Å². The molecular weight excluding hydrogens is 533 g/mol. The zero-order chi connectivity index (χ0) is 29.3. The fourth-order valence-electron chi connectivity index (χ4n) is 4.22. The maximum absolute atomic E-state index is 15.0. The van der Waals surface area contributed by atoms with Crippen molar-refractivity contribution in [1.29, 1.82) is 0 Å². The van der Waals surface area contributed by atoms with Gasteiger partial charge in [-0.15, -0.1) is 0 Å². The summed E-state index contributed by atoms with van der Waals surface area (Å²) < 4.78 is 48.5. The second-order valence-corrected chi connectivity index (χ2v) is 11.3. The SMILES string of the molecule is CC[C@H](C)NC(=O)[C@H](CC)N(Cc1cccc(OC)c1)C(=O)CN(c1ccccc1F)S(=O)(=O)c1ccccc1. The lowest BCUT2D eigenvalue weighted by molar-refractivity contribution is -0.140. The topological polar surface area (TPSA) is 96.0 Å². The molecule has 0 bridgehead atoms. The van der Waals surface area contributed by atoms with Crippen molar-refractivity contribution in [3.8, 4) is 5.75 Å². The molecule has 0 saturated carbocycles. The number of benzene rings is 3. The van der Waals surface area contributed by atoms with Gasteiger partial charge in [0.2, 0.25) is 11.8 Å². The van der Waals surface area contributed by atoms with Crippen LogP contribution in [0.15, 0.2) is 83.8 Å². The van der Waals surface area contributed by atoms with Crippen LogP contribution < -0.4 is 14.4 Å². The third-order valence-corrected chi connectivity index (χ3v) is 8.38. The van der Waals surface area contributed by atoms with Crippen molar-refractivity contribution in [2.75, 3.05) is 18.0 Å². The normalized spacial score (nSPS) is 12.7. The minimum absolute atomic E-state index is 0.0129. The predicted molar refractivity (Wildman–Crippen MR) is 153 cm³/mol. The van der Waals surface area contributed by atoms with Crippen LogP contribution in [-0.4, -0.2) is 50.9 Å². The number of para-hydroxylation sites is 1. The van der Waals surface area contributed by atoms with Crippen molar-refractivity contribution in [2.24, 2.45) is 0 Å². The molecule has 0 aliphatic rings. The number of methoxy groups -OCH3 is 1. The lowest BCUT2D eigenvalue weighted by Gasteiger charge is -2.33. The van der Waals surface area contributed by atoms with Crippen LogP contribution in [0.1, 0.15) is 39.2 Å². The summed E-state index contributed by atoms with van der Waals surface area (Å²) in [6.45, 7) is 4.88. The zero-order valence-corrected chi connectivity index (χ0v) is 24.0. The van der Waals surface area contributed by atoms with E-state index >= 15 is 0 Å². The van der Waals surface area contributed by atoms with Crippen molar-refractivity contribution in [3.05, 3.63) is 90.2 Å². The van der Waals surface area contributed by atoms with Gasteiger partial charge in [-0.1, -0.05) is 56.3 Å². The molecular formula is C30H36FN3O5S. The lowest BCUT2D eigenvalue weighted by atomic mass is 10.1. The number of hydrogen-bond acceptors (Lipinski definition) is 5. The number of carbonyl (C=O) groups excluding carboxylic acids is 2. The Morgan fingerprint density at radius 1 is 0.950 bits per heavy atom. The van der Waals surface area contributed by atoms with Gasteiger partial charge in [-0.05, 0) is 61.7 Å². The maximum Gasteiger partial charge on any atom is 0.264 e. The average molecular weight is 570 g/mol. The van der Waals surface area contributed by atoms with Gasteiger partial charge in [0.25, 0.3) is 10.0 Å². The van der Waals surface area contributed by atoms with E-state index in [4.69, 9.17) is 4.74 Å². The number of sulfonamides is 1. The standard InChI is InChI=1S/C30H36FN3O5S/c1-5-22(3)32-30(36)27(6-2)33(20-23-13-12-14-24(19-23)39-4)29(35)21-34(28-18-11-10-17-26(28)31)40(37,38)25-15-8-7-9-16-25/h7-19,22,27H,5-6,20-21H2,1-4H3,(H,32,36)/t22-,27-/m0/s1. The van der Waals surface area contributed by atoms with E-state index in [0.29, 0.717) is 17.7 Å². The fraction of sp³-hybridized carbons (Fsp3) is 0.333. The molecule has 8 nitrogen and oxygen atoms in total. The summed E-state index contributed by atoms with van der Waals surface area (Å²) in [5, 5.41) is 2.93. The quantitative estimate of drug-likeness (QED) is 0.321. The van der Waals surface area contributed by atoms with Gasteiger partial charge in [-0.3, -0.25) is 13.9 Å². The largest absolute Gasteiger partial charge is 0.497 e. The molecule has 0 heterocycles. The molecule has 40 heavy (non-hydrogen) atoms. The molecule has 2 atom stereocenters. The highest BCUT2D eigenvalue weighted by Crippen LogP contribution is 2.27. The van der Waals surface area contributed by atoms with Crippen molar-refractivity contribution >= 4 is 27.5 Å². The average Bonchev–Trinajstić information content (AvgIpc) is 2.96. The van der Waals surface area contributed by atoms with E-state index in [1.54, 1.807) is 49.4 Å². The first-order chi connectivity index (χ1) is 19.1. The smallest absolute Gasteiger partial charge is 0.264 e. The molecule has 2 amide bonds. The Kier molecular flexibility index (Phi) is 10.7. The lowest BCUT2D eigenvalue weighted by Crippen LogP contribution is -2.53. The number of anilines is 1. The van der Waals surface area contributed by atoms with Crippen LogP contribution >= 0.6 is 0 Å². The molecule has 3 rings (SSSR count). The molecule has 0 saturated heterocycles. The van der Waals surface area contributed by atoms with Gasteiger partial charge in [-0.2, -0.15) is 0 Å². The first-order valence-corrected chi connectivity index (χ1v) is 14.6. The van der Waals surface area contributed by atoms with Gasteiger partial charge in [0.05, 0.1) is 17.7 Å². The molecule has 3 aromatic rings. The van der Waals surface area contributed by atoms with Crippen molar-refractivity contribution < 1.29 is 27.1 Å². The van der Waals surface area contributed by atoms with Crippen molar-refractivity contribution in [1.82, 2.24) is 10.2 Å². The van der Waals surface area contributed by atoms with Gasteiger partial charge in [0.15, 0.2) is 0 Å². The van der Waals surface area contributed by atoms with Gasteiger partial charge >= 0.3 is 0 Å². The van der Waals surface area contributed by atoms with Crippen LogP contribution in [0.2, 0.25) is 0 Å². The minimum Gasteiger partial charge on any atom is -0.497 e. The van der Waals surface area contributed by atoms with E-state index in [0.717, 1.165) is 10.4 Å². The second kappa shape index (κ2) is 13.9. The van der Waals surface area contributed by atoms with Gasteiger partial charge in [-0.25, -0.2) is 12.8 Å². The van der Waals surface area contributed by atoms with Crippen molar-refractivity contribution in [2.45, 2.75) is 57.1 Å². The highest BCUT2D eigenvalue weighted by Gasteiger charge is 2.34.